The zero-order valence-electron chi connectivity index (χ0n) is 27.1. The molecule has 4 heterocycles. The summed E-state index contributed by atoms with van der Waals surface area (Å²) in [5.41, 5.74) is 6.58. The van der Waals surface area contributed by atoms with Gasteiger partial charge in [-0.1, -0.05) is 121 Å². The predicted octanol–water partition coefficient (Wildman–Crippen LogP) is 12.7. The van der Waals surface area contributed by atoms with Crippen LogP contribution in [0.5, 0.6) is 0 Å². The molecule has 0 bridgehead atoms. The fourth-order valence-electron chi connectivity index (χ4n) is 7.65. The fraction of sp³-hybridized carbons (Fsp3) is 0. The molecular formula is C45H26N4S2. The first-order valence-corrected chi connectivity index (χ1v) is 18.6. The molecule has 4 nitrogen and oxygen atoms in total. The van der Waals surface area contributed by atoms with Gasteiger partial charge in [0.15, 0.2) is 17.5 Å². The van der Waals surface area contributed by atoms with Crippen LogP contribution in [0, 0.1) is 0 Å². The first kappa shape index (κ1) is 28.6. The molecule has 4 aromatic heterocycles. The maximum atomic E-state index is 5.13. The Morgan fingerprint density at radius 3 is 1.59 bits per heavy atom. The van der Waals surface area contributed by atoms with Gasteiger partial charge in [-0.05, 0) is 36.4 Å². The maximum Gasteiger partial charge on any atom is 0.164 e. The smallest absolute Gasteiger partial charge is 0.164 e. The van der Waals surface area contributed by atoms with Crippen molar-refractivity contribution in [3.05, 3.63) is 158 Å². The van der Waals surface area contributed by atoms with Crippen molar-refractivity contribution in [2.24, 2.45) is 0 Å². The van der Waals surface area contributed by atoms with E-state index in [1.165, 1.54) is 67.8 Å². The number of para-hydroxylation sites is 2. The van der Waals surface area contributed by atoms with E-state index in [-0.39, 0.29) is 0 Å². The van der Waals surface area contributed by atoms with Gasteiger partial charge in [-0.3, -0.25) is 0 Å². The molecule has 0 aliphatic rings. The van der Waals surface area contributed by atoms with Gasteiger partial charge in [0, 0.05) is 67.8 Å². The maximum absolute atomic E-state index is 5.13. The van der Waals surface area contributed by atoms with Crippen LogP contribution in [-0.2, 0) is 0 Å². The van der Waals surface area contributed by atoms with E-state index in [0.29, 0.717) is 17.5 Å². The number of thiophene rings is 2. The van der Waals surface area contributed by atoms with E-state index in [2.05, 4.69) is 126 Å². The van der Waals surface area contributed by atoms with Gasteiger partial charge in [-0.2, -0.15) is 0 Å². The Morgan fingerprint density at radius 2 is 0.922 bits per heavy atom. The minimum absolute atomic E-state index is 0.665. The van der Waals surface area contributed by atoms with Crippen molar-refractivity contribution >= 4 is 84.8 Å². The van der Waals surface area contributed by atoms with Crippen LogP contribution in [0.25, 0.3) is 102 Å². The van der Waals surface area contributed by atoms with Gasteiger partial charge in [-0.25, -0.2) is 15.0 Å². The van der Waals surface area contributed by atoms with Gasteiger partial charge in [-0.15, -0.1) is 22.7 Å². The lowest BCUT2D eigenvalue weighted by Crippen LogP contribution is -2.00. The predicted molar refractivity (Wildman–Crippen MR) is 216 cm³/mol. The molecule has 238 valence electrons. The Labute approximate surface area is 300 Å². The van der Waals surface area contributed by atoms with Gasteiger partial charge in [0.05, 0.1) is 16.7 Å². The van der Waals surface area contributed by atoms with Crippen LogP contribution in [0.4, 0.5) is 0 Å². The zero-order chi connectivity index (χ0) is 33.5. The number of rotatable bonds is 4. The third-order valence-corrected chi connectivity index (χ3v) is 12.2. The molecule has 0 N–H and O–H groups in total. The largest absolute Gasteiger partial charge is 0.309 e. The summed E-state index contributed by atoms with van der Waals surface area (Å²) in [6, 6.07) is 55.8. The summed E-state index contributed by atoms with van der Waals surface area (Å²) in [6.07, 6.45) is 0. The van der Waals surface area contributed by atoms with Crippen molar-refractivity contribution in [3.8, 4) is 39.9 Å². The van der Waals surface area contributed by atoms with Crippen LogP contribution in [0.3, 0.4) is 0 Å². The summed E-state index contributed by atoms with van der Waals surface area (Å²) in [5, 5.41) is 7.53. The van der Waals surface area contributed by atoms with E-state index in [1.807, 2.05) is 59.1 Å². The Bertz CT molecular complexity index is 3030. The monoisotopic (exact) mass is 686 g/mol. The molecule has 0 spiro atoms. The first-order valence-electron chi connectivity index (χ1n) is 17.0. The number of aromatic nitrogens is 4. The lowest BCUT2D eigenvalue weighted by atomic mass is 10.0. The van der Waals surface area contributed by atoms with Crippen molar-refractivity contribution in [3.63, 3.8) is 0 Å². The first-order chi connectivity index (χ1) is 25.3. The number of benzene rings is 7. The van der Waals surface area contributed by atoms with Crippen molar-refractivity contribution in [2.75, 3.05) is 0 Å². The second kappa shape index (κ2) is 11.2. The molecular weight excluding hydrogens is 661 g/mol. The molecule has 0 radical (unpaired) electrons. The lowest BCUT2D eigenvalue weighted by molar-refractivity contribution is 1.08. The molecule has 0 atom stereocenters. The number of fused-ring (bicyclic) bond motifs is 10. The highest BCUT2D eigenvalue weighted by Crippen LogP contribution is 2.48. The van der Waals surface area contributed by atoms with Crippen LogP contribution < -0.4 is 0 Å². The molecule has 0 aliphatic heterocycles. The number of hydrogen-bond acceptors (Lipinski definition) is 5. The molecule has 11 rings (SSSR count). The Kier molecular flexibility index (Phi) is 6.26. The minimum atomic E-state index is 0.665. The average molecular weight is 687 g/mol. The Balaban J connectivity index is 1.21. The lowest BCUT2D eigenvalue weighted by Gasteiger charge is -2.10. The van der Waals surface area contributed by atoms with Crippen LogP contribution in [0.1, 0.15) is 0 Å². The molecule has 0 unspecified atom stereocenters. The number of nitrogens with zero attached hydrogens (tertiary/aromatic N) is 4. The molecule has 6 heteroatoms. The Hall–Kier alpha value is -6.21. The quantitative estimate of drug-likeness (QED) is 0.185. The van der Waals surface area contributed by atoms with E-state index in [0.717, 1.165) is 16.7 Å². The van der Waals surface area contributed by atoms with Crippen molar-refractivity contribution in [1.82, 2.24) is 19.5 Å². The third-order valence-electron chi connectivity index (χ3n) is 9.86. The molecule has 51 heavy (non-hydrogen) atoms. The highest BCUT2D eigenvalue weighted by Gasteiger charge is 2.22. The third kappa shape index (κ3) is 4.34. The topological polar surface area (TPSA) is 43.6 Å². The average Bonchev–Trinajstić information content (AvgIpc) is 3.88. The van der Waals surface area contributed by atoms with Crippen molar-refractivity contribution < 1.29 is 0 Å². The van der Waals surface area contributed by atoms with E-state index >= 15 is 0 Å². The van der Waals surface area contributed by atoms with E-state index in [9.17, 15) is 0 Å². The summed E-state index contributed by atoms with van der Waals surface area (Å²) in [4.78, 5) is 15.2. The minimum Gasteiger partial charge on any atom is -0.309 e. The Morgan fingerprint density at radius 1 is 0.373 bits per heavy atom. The van der Waals surface area contributed by atoms with Gasteiger partial charge in [0.1, 0.15) is 0 Å². The van der Waals surface area contributed by atoms with Crippen molar-refractivity contribution in [1.29, 1.82) is 0 Å². The van der Waals surface area contributed by atoms with Crippen LogP contribution in [0.2, 0.25) is 0 Å². The normalized spacial score (nSPS) is 11.9. The second-order valence-corrected chi connectivity index (χ2v) is 14.9. The van der Waals surface area contributed by atoms with Crippen molar-refractivity contribution in [2.45, 2.75) is 0 Å². The summed E-state index contributed by atoms with van der Waals surface area (Å²) in [7, 11) is 0. The summed E-state index contributed by atoms with van der Waals surface area (Å²) in [6.45, 7) is 0. The standard InChI is InChI=1S/C45H26N4S2/c1-3-13-27(14-4-1)43-46-44(28-15-5-2-6-16-28)48-45(47-43)32-19-11-23-36-39(32)31-25-26-38-41(42(31)51-36)40-35(22-12-24-37(40)50-38)49-33-20-9-7-17-29(33)30-18-8-10-21-34(30)49/h1-26H. The summed E-state index contributed by atoms with van der Waals surface area (Å²) < 4.78 is 7.53. The molecule has 0 amide bonds. The summed E-state index contributed by atoms with van der Waals surface area (Å²) in [5.74, 6) is 2.00. The molecule has 0 aliphatic carbocycles. The zero-order valence-corrected chi connectivity index (χ0v) is 28.7. The molecule has 0 saturated heterocycles. The van der Waals surface area contributed by atoms with E-state index < -0.39 is 0 Å². The van der Waals surface area contributed by atoms with Crippen LogP contribution in [0.15, 0.2) is 158 Å². The molecule has 11 aromatic rings. The van der Waals surface area contributed by atoms with Crippen LogP contribution >= 0.6 is 22.7 Å². The highest BCUT2D eigenvalue weighted by atomic mass is 32.1. The second-order valence-electron chi connectivity index (χ2n) is 12.8. The van der Waals surface area contributed by atoms with Gasteiger partial charge < -0.3 is 4.57 Å². The molecule has 0 saturated carbocycles. The number of hydrogen-bond donors (Lipinski definition) is 0. The SMILES string of the molecule is c1ccc(-c2nc(-c3ccccc3)nc(-c3cccc4sc5c(ccc6sc7cccc(-n8c9ccccc9c9ccccc98)c7c65)c34)n2)cc1. The van der Waals surface area contributed by atoms with E-state index in [1.54, 1.807) is 0 Å². The van der Waals surface area contributed by atoms with Gasteiger partial charge in [0.2, 0.25) is 0 Å². The highest BCUT2D eigenvalue weighted by molar-refractivity contribution is 7.30. The van der Waals surface area contributed by atoms with Gasteiger partial charge in [0.25, 0.3) is 0 Å². The fourth-order valence-corrected chi connectivity index (χ4v) is 10.1. The molecule has 0 fully saturated rings. The van der Waals surface area contributed by atoms with Gasteiger partial charge >= 0.3 is 0 Å². The van der Waals surface area contributed by atoms with E-state index in [4.69, 9.17) is 15.0 Å². The van der Waals surface area contributed by atoms with Crippen LogP contribution in [-0.4, -0.2) is 19.5 Å². The summed E-state index contributed by atoms with van der Waals surface area (Å²) >= 11 is 3.73. The molecule has 7 aromatic carbocycles.